The van der Waals surface area contributed by atoms with Crippen LogP contribution in [0.4, 0.5) is 0 Å². The third-order valence-corrected chi connectivity index (χ3v) is 4.46. The molecule has 126 valence electrons. The molecule has 2 atom stereocenters. The molecule has 3 aromatic carbocycles. The van der Waals surface area contributed by atoms with Crippen molar-refractivity contribution in [1.29, 1.82) is 0 Å². The lowest BCUT2D eigenvalue weighted by Crippen LogP contribution is -2.23. The van der Waals surface area contributed by atoms with Gasteiger partial charge in [-0.15, -0.1) is 0 Å². The maximum Gasteiger partial charge on any atom is 0.310 e. The van der Waals surface area contributed by atoms with E-state index in [1.165, 1.54) is 0 Å². The minimum absolute atomic E-state index is 0.213. The zero-order valence-corrected chi connectivity index (χ0v) is 14.1. The van der Waals surface area contributed by atoms with Gasteiger partial charge in [-0.3, -0.25) is 4.79 Å². The van der Waals surface area contributed by atoms with Gasteiger partial charge in [0.1, 0.15) is 12.9 Å². The van der Waals surface area contributed by atoms with E-state index in [4.69, 9.17) is 4.74 Å². The Bertz CT molecular complexity index is 865. The SMILES string of the molecule is CC(C(=O)OCc1ccccc1)C(C=O)c1cccc2ccccc12. The fourth-order valence-corrected chi connectivity index (χ4v) is 3.01. The van der Waals surface area contributed by atoms with E-state index in [2.05, 4.69) is 0 Å². The highest BCUT2D eigenvalue weighted by Gasteiger charge is 2.27. The number of esters is 1. The number of hydrogen-bond acceptors (Lipinski definition) is 3. The molecular formula is C22H20O3. The van der Waals surface area contributed by atoms with Crippen LogP contribution in [-0.4, -0.2) is 12.3 Å². The van der Waals surface area contributed by atoms with Crippen molar-refractivity contribution < 1.29 is 14.3 Å². The van der Waals surface area contributed by atoms with Crippen molar-refractivity contribution in [3.63, 3.8) is 0 Å². The van der Waals surface area contributed by atoms with E-state index in [9.17, 15) is 9.59 Å². The minimum atomic E-state index is -0.549. The average molecular weight is 332 g/mol. The molecule has 0 spiro atoms. The standard InChI is InChI=1S/C22H20O3/c1-16(22(24)25-15-17-8-3-2-4-9-17)21(14-23)20-13-7-11-18-10-5-6-12-19(18)20/h2-14,16,21H,15H2,1H3. The Labute approximate surface area is 147 Å². The summed E-state index contributed by atoms with van der Waals surface area (Å²) in [6.07, 6.45) is 0.843. The van der Waals surface area contributed by atoms with Crippen LogP contribution in [0.25, 0.3) is 10.8 Å². The molecule has 0 fully saturated rings. The van der Waals surface area contributed by atoms with Crippen LogP contribution in [0.3, 0.4) is 0 Å². The van der Waals surface area contributed by atoms with E-state index in [0.29, 0.717) is 0 Å². The number of rotatable bonds is 6. The smallest absolute Gasteiger partial charge is 0.310 e. The predicted octanol–water partition coefficient (Wildman–Crippen LogP) is 4.50. The summed E-state index contributed by atoms with van der Waals surface area (Å²) in [6, 6.07) is 23.2. The molecule has 0 saturated carbocycles. The second-order valence-electron chi connectivity index (χ2n) is 6.11. The van der Waals surface area contributed by atoms with Gasteiger partial charge in [0.05, 0.1) is 11.8 Å². The van der Waals surface area contributed by atoms with Crippen LogP contribution in [0.2, 0.25) is 0 Å². The molecule has 3 heteroatoms. The molecule has 2 unspecified atom stereocenters. The Morgan fingerprint density at radius 2 is 1.64 bits per heavy atom. The summed E-state index contributed by atoms with van der Waals surface area (Å²) in [5.74, 6) is -1.45. The number of aldehydes is 1. The molecular weight excluding hydrogens is 312 g/mol. The second-order valence-corrected chi connectivity index (χ2v) is 6.11. The van der Waals surface area contributed by atoms with E-state index in [1.807, 2.05) is 72.8 Å². The van der Waals surface area contributed by atoms with Crippen LogP contribution in [0.5, 0.6) is 0 Å². The number of ether oxygens (including phenoxy) is 1. The fraction of sp³-hybridized carbons (Fsp3) is 0.182. The maximum absolute atomic E-state index is 12.4. The normalized spacial score (nSPS) is 13.2. The van der Waals surface area contributed by atoms with E-state index < -0.39 is 11.8 Å². The van der Waals surface area contributed by atoms with Crippen molar-refractivity contribution in [3.05, 3.63) is 83.9 Å². The quantitative estimate of drug-likeness (QED) is 0.493. The van der Waals surface area contributed by atoms with Crippen LogP contribution < -0.4 is 0 Å². The summed E-state index contributed by atoms with van der Waals surface area (Å²) in [4.78, 5) is 24.2. The van der Waals surface area contributed by atoms with E-state index in [1.54, 1.807) is 6.92 Å². The van der Waals surface area contributed by atoms with Gasteiger partial charge in [-0.25, -0.2) is 0 Å². The number of carbonyl (C=O) groups excluding carboxylic acids is 2. The van der Waals surface area contributed by atoms with Gasteiger partial charge in [-0.2, -0.15) is 0 Å². The largest absolute Gasteiger partial charge is 0.461 e. The summed E-state index contributed by atoms with van der Waals surface area (Å²) in [5.41, 5.74) is 1.79. The Morgan fingerprint density at radius 1 is 0.960 bits per heavy atom. The van der Waals surface area contributed by atoms with E-state index in [0.717, 1.165) is 28.2 Å². The van der Waals surface area contributed by atoms with Crippen molar-refractivity contribution in [2.45, 2.75) is 19.4 Å². The molecule has 0 aromatic heterocycles. The molecule has 3 aromatic rings. The van der Waals surface area contributed by atoms with Gasteiger partial charge in [0.2, 0.25) is 0 Å². The minimum Gasteiger partial charge on any atom is -0.461 e. The first-order chi connectivity index (χ1) is 12.2. The Morgan fingerprint density at radius 3 is 2.40 bits per heavy atom. The molecule has 25 heavy (non-hydrogen) atoms. The first kappa shape index (κ1) is 16.9. The van der Waals surface area contributed by atoms with Crippen LogP contribution in [0.1, 0.15) is 24.0 Å². The summed E-state index contributed by atoms with van der Waals surface area (Å²) in [5, 5.41) is 2.04. The monoisotopic (exact) mass is 332 g/mol. The number of hydrogen-bond donors (Lipinski definition) is 0. The molecule has 0 bridgehead atoms. The molecule has 0 saturated heterocycles. The van der Waals surface area contributed by atoms with Crippen molar-refractivity contribution in [3.8, 4) is 0 Å². The average Bonchev–Trinajstić information content (AvgIpc) is 2.67. The number of carbonyl (C=O) groups is 2. The van der Waals surface area contributed by atoms with Crippen molar-refractivity contribution in [2.24, 2.45) is 5.92 Å². The number of benzene rings is 3. The van der Waals surface area contributed by atoms with Crippen LogP contribution in [0.15, 0.2) is 72.8 Å². The van der Waals surface area contributed by atoms with Gasteiger partial charge in [0.25, 0.3) is 0 Å². The first-order valence-corrected chi connectivity index (χ1v) is 8.34. The van der Waals surface area contributed by atoms with Crippen LogP contribution in [-0.2, 0) is 20.9 Å². The van der Waals surface area contributed by atoms with Crippen molar-refractivity contribution in [2.75, 3.05) is 0 Å². The molecule has 0 N–H and O–H groups in total. The molecule has 0 amide bonds. The van der Waals surface area contributed by atoms with Gasteiger partial charge < -0.3 is 9.53 Å². The summed E-state index contributed by atoms with van der Waals surface area (Å²) in [7, 11) is 0. The zero-order valence-electron chi connectivity index (χ0n) is 14.1. The van der Waals surface area contributed by atoms with Gasteiger partial charge in [0.15, 0.2) is 0 Å². The van der Waals surface area contributed by atoms with Gasteiger partial charge in [0, 0.05) is 0 Å². The van der Waals surface area contributed by atoms with Gasteiger partial charge >= 0.3 is 5.97 Å². The topological polar surface area (TPSA) is 43.4 Å². The highest BCUT2D eigenvalue weighted by Crippen LogP contribution is 2.30. The summed E-state index contributed by atoms with van der Waals surface area (Å²) < 4.78 is 5.41. The Hall–Kier alpha value is -2.94. The maximum atomic E-state index is 12.4. The Balaban J connectivity index is 1.79. The zero-order chi connectivity index (χ0) is 17.6. The molecule has 0 radical (unpaired) electrons. The second kappa shape index (κ2) is 7.75. The van der Waals surface area contributed by atoms with Crippen LogP contribution >= 0.6 is 0 Å². The molecule has 0 heterocycles. The summed E-state index contributed by atoms with van der Waals surface area (Å²) >= 11 is 0. The lowest BCUT2D eigenvalue weighted by molar-refractivity contribution is -0.150. The Kier molecular flexibility index (Phi) is 5.24. The highest BCUT2D eigenvalue weighted by molar-refractivity contribution is 5.90. The highest BCUT2D eigenvalue weighted by atomic mass is 16.5. The van der Waals surface area contributed by atoms with Gasteiger partial charge in [-0.1, -0.05) is 79.7 Å². The van der Waals surface area contributed by atoms with E-state index >= 15 is 0 Å². The fourth-order valence-electron chi connectivity index (χ4n) is 3.01. The molecule has 0 aliphatic rings. The third kappa shape index (κ3) is 3.77. The van der Waals surface area contributed by atoms with Crippen molar-refractivity contribution >= 4 is 23.0 Å². The lowest BCUT2D eigenvalue weighted by atomic mass is 9.85. The third-order valence-electron chi connectivity index (χ3n) is 4.46. The first-order valence-electron chi connectivity index (χ1n) is 8.34. The van der Waals surface area contributed by atoms with Gasteiger partial charge in [-0.05, 0) is 21.9 Å². The number of fused-ring (bicyclic) bond motifs is 1. The molecule has 3 rings (SSSR count). The van der Waals surface area contributed by atoms with E-state index in [-0.39, 0.29) is 12.6 Å². The van der Waals surface area contributed by atoms with Crippen molar-refractivity contribution in [1.82, 2.24) is 0 Å². The lowest BCUT2D eigenvalue weighted by Gasteiger charge is -2.19. The van der Waals surface area contributed by atoms with Crippen LogP contribution in [0, 0.1) is 5.92 Å². The molecule has 3 nitrogen and oxygen atoms in total. The predicted molar refractivity (Wildman–Crippen MR) is 98.2 cm³/mol. The summed E-state index contributed by atoms with van der Waals surface area (Å²) in [6.45, 7) is 1.96. The molecule has 0 aliphatic carbocycles. The molecule has 0 aliphatic heterocycles.